The van der Waals surface area contributed by atoms with E-state index in [1.807, 2.05) is 0 Å². The van der Waals surface area contributed by atoms with Crippen molar-refractivity contribution in [1.82, 2.24) is 0 Å². The zero-order valence-corrected chi connectivity index (χ0v) is 55.8. The maximum Gasteiger partial charge on any atom is 0.472 e. The van der Waals surface area contributed by atoms with Crippen LogP contribution in [0.25, 0.3) is 0 Å². The second-order valence-electron chi connectivity index (χ2n) is 24.0. The Morgan fingerprint density at radius 3 is 0.810 bits per heavy atom. The Balaban J connectivity index is 5.22. The van der Waals surface area contributed by atoms with Crippen molar-refractivity contribution in [3.63, 3.8) is 0 Å². The van der Waals surface area contributed by atoms with Crippen molar-refractivity contribution in [2.24, 2.45) is 5.92 Å². The monoisotopic (exact) mass is 1240 g/mol. The van der Waals surface area contributed by atoms with Gasteiger partial charge in [0, 0.05) is 25.7 Å². The van der Waals surface area contributed by atoms with Crippen LogP contribution in [0.3, 0.4) is 0 Å². The van der Waals surface area contributed by atoms with E-state index < -0.39 is 97.5 Å². The molecule has 0 spiro atoms. The highest BCUT2D eigenvalue weighted by atomic mass is 31.2. The number of ether oxygens (including phenoxy) is 4. The molecule has 498 valence electrons. The van der Waals surface area contributed by atoms with Crippen molar-refractivity contribution < 1.29 is 80.2 Å². The number of rotatable bonds is 65. The Hall–Kier alpha value is -1.94. The molecule has 0 aromatic rings. The summed E-state index contributed by atoms with van der Waals surface area (Å²) >= 11 is 0. The van der Waals surface area contributed by atoms with Crippen LogP contribution in [-0.2, 0) is 65.4 Å². The van der Waals surface area contributed by atoms with Crippen LogP contribution in [0.5, 0.6) is 0 Å². The average molecular weight is 1240 g/mol. The summed E-state index contributed by atoms with van der Waals surface area (Å²) in [4.78, 5) is 72.2. The number of esters is 4. The minimum atomic E-state index is -4.94. The van der Waals surface area contributed by atoms with E-state index in [2.05, 4.69) is 34.6 Å². The standard InChI is InChI=1S/C65H126O17P2/c1-6-9-12-15-18-21-23-24-25-27-29-36-41-46-51-65(70)82-61(55-76-63(68)49-44-39-34-31-30-32-37-42-47-58(4)5)57-80-84(73,74)78-53-59(66)52-77-83(71,72)79-56-60(54-75-62(67)48-43-38-33-20-17-14-11-8-3)81-64(69)50-45-40-35-28-26-22-19-16-13-10-7-2/h58-61,66H,6-57H2,1-5H3,(H,71,72)(H,73,74)/t59-,60+,61+/m0/s1. The number of carbonyl (C=O) groups is 4. The topological polar surface area (TPSA) is 237 Å². The second kappa shape index (κ2) is 58.7. The number of aliphatic hydroxyl groups is 1. The molecule has 0 saturated heterocycles. The maximum absolute atomic E-state index is 13.0. The van der Waals surface area contributed by atoms with Gasteiger partial charge in [-0.3, -0.25) is 37.3 Å². The van der Waals surface area contributed by atoms with Gasteiger partial charge in [0.2, 0.25) is 0 Å². The van der Waals surface area contributed by atoms with Gasteiger partial charge in [0.25, 0.3) is 0 Å². The van der Waals surface area contributed by atoms with Gasteiger partial charge in [0.05, 0.1) is 26.4 Å². The quantitative estimate of drug-likeness (QED) is 0.0222. The minimum absolute atomic E-state index is 0.107. The summed E-state index contributed by atoms with van der Waals surface area (Å²) in [7, 11) is -9.88. The van der Waals surface area contributed by atoms with E-state index in [4.69, 9.17) is 37.0 Å². The lowest BCUT2D eigenvalue weighted by molar-refractivity contribution is -0.161. The van der Waals surface area contributed by atoms with E-state index in [0.717, 1.165) is 102 Å². The average Bonchev–Trinajstić information content (AvgIpc) is 3.54. The Bertz CT molecular complexity index is 1640. The number of phosphoric ester groups is 2. The van der Waals surface area contributed by atoms with E-state index in [1.165, 1.54) is 148 Å². The van der Waals surface area contributed by atoms with Crippen molar-refractivity contribution in [2.45, 2.75) is 348 Å². The summed E-state index contributed by atoms with van der Waals surface area (Å²) in [5.74, 6) is -1.40. The number of hydrogen-bond donors (Lipinski definition) is 3. The third-order valence-electron chi connectivity index (χ3n) is 15.0. The molecule has 0 rings (SSSR count). The molecular weight excluding hydrogens is 1110 g/mol. The van der Waals surface area contributed by atoms with Crippen LogP contribution in [-0.4, -0.2) is 96.7 Å². The summed E-state index contributed by atoms with van der Waals surface area (Å²) in [6.07, 6.45) is 43.0. The van der Waals surface area contributed by atoms with Crippen LogP contribution in [0, 0.1) is 5.92 Å². The van der Waals surface area contributed by atoms with Crippen LogP contribution in [0.4, 0.5) is 0 Å². The van der Waals surface area contributed by atoms with Crippen molar-refractivity contribution in [3.8, 4) is 0 Å². The normalized spacial score (nSPS) is 14.2. The van der Waals surface area contributed by atoms with Crippen molar-refractivity contribution in [3.05, 3.63) is 0 Å². The van der Waals surface area contributed by atoms with E-state index >= 15 is 0 Å². The van der Waals surface area contributed by atoms with Gasteiger partial charge in [0.1, 0.15) is 19.3 Å². The molecule has 19 heteroatoms. The largest absolute Gasteiger partial charge is 0.472 e. The molecule has 2 unspecified atom stereocenters. The first-order valence-corrected chi connectivity index (χ1v) is 37.1. The molecule has 0 aromatic heterocycles. The lowest BCUT2D eigenvalue weighted by Gasteiger charge is -2.21. The molecular formula is C65H126O17P2. The summed E-state index contributed by atoms with van der Waals surface area (Å²) in [6, 6.07) is 0. The van der Waals surface area contributed by atoms with Gasteiger partial charge in [0.15, 0.2) is 12.2 Å². The van der Waals surface area contributed by atoms with Crippen LogP contribution < -0.4 is 0 Å². The zero-order chi connectivity index (χ0) is 62.0. The fourth-order valence-corrected chi connectivity index (χ4v) is 11.3. The lowest BCUT2D eigenvalue weighted by Crippen LogP contribution is -2.30. The molecule has 3 N–H and O–H groups in total. The summed E-state index contributed by atoms with van der Waals surface area (Å²) < 4.78 is 68.0. The molecule has 0 aromatic carbocycles. The molecule has 0 amide bonds. The number of phosphoric acid groups is 2. The molecule has 0 radical (unpaired) electrons. The maximum atomic E-state index is 13.0. The fraction of sp³-hybridized carbons (Fsp3) is 0.938. The van der Waals surface area contributed by atoms with Gasteiger partial charge in [-0.15, -0.1) is 0 Å². The molecule has 0 aliphatic heterocycles. The summed E-state index contributed by atoms with van der Waals surface area (Å²) in [6.45, 7) is 7.15. The highest BCUT2D eigenvalue weighted by molar-refractivity contribution is 7.47. The number of aliphatic hydroxyl groups excluding tert-OH is 1. The third kappa shape index (κ3) is 59.0. The van der Waals surface area contributed by atoms with Gasteiger partial charge in [-0.1, -0.05) is 279 Å². The van der Waals surface area contributed by atoms with Crippen molar-refractivity contribution in [1.29, 1.82) is 0 Å². The summed E-state index contributed by atoms with van der Waals surface area (Å²) in [5, 5.41) is 10.5. The van der Waals surface area contributed by atoms with Gasteiger partial charge < -0.3 is 33.8 Å². The van der Waals surface area contributed by atoms with Crippen molar-refractivity contribution in [2.75, 3.05) is 39.6 Å². The first-order chi connectivity index (χ1) is 40.5. The van der Waals surface area contributed by atoms with Crippen molar-refractivity contribution >= 4 is 39.5 Å². The molecule has 5 atom stereocenters. The number of unbranched alkanes of at least 4 members (excludes halogenated alkanes) is 37. The Morgan fingerprint density at radius 1 is 0.321 bits per heavy atom. The van der Waals surface area contributed by atoms with E-state index in [0.29, 0.717) is 25.7 Å². The van der Waals surface area contributed by atoms with Gasteiger partial charge in [-0.25, -0.2) is 9.13 Å². The van der Waals surface area contributed by atoms with E-state index in [1.54, 1.807) is 0 Å². The Kier molecular flexibility index (Phi) is 57.4. The summed E-state index contributed by atoms with van der Waals surface area (Å²) in [5.41, 5.74) is 0. The zero-order valence-electron chi connectivity index (χ0n) is 54.0. The lowest BCUT2D eigenvalue weighted by atomic mass is 10.0. The smallest absolute Gasteiger partial charge is 0.462 e. The minimum Gasteiger partial charge on any atom is -0.462 e. The predicted octanol–water partition coefficient (Wildman–Crippen LogP) is 18.2. The molecule has 0 fully saturated rings. The molecule has 17 nitrogen and oxygen atoms in total. The van der Waals surface area contributed by atoms with Crippen LogP contribution in [0.15, 0.2) is 0 Å². The molecule has 84 heavy (non-hydrogen) atoms. The first-order valence-electron chi connectivity index (χ1n) is 34.1. The molecule has 0 aliphatic rings. The number of carbonyl (C=O) groups excluding carboxylic acids is 4. The SMILES string of the molecule is CCCCCCCCCCCCCCCCC(=O)O[C@H](COC(=O)CCCCCCCCCCC(C)C)COP(=O)(O)OC[C@@H](O)COP(=O)(O)OC[C@@H](COC(=O)CCCCCCCCCC)OC(=O)CCCCCCCCCCCCC. The van der Waals surface area contributed by atoms with E-state index in [-0.39, 0.29) is 25.7 Å². The van der Waals surface area contributed by atoms with Crippen LogP contribution in [0.1, 0.15) is 330 Å². The number of hydrogen-bond acceptors (Lipinski definition) is 15. The molecule has 0 heterocycles. The molecule has 0 aliphatic carbocycles. The van der Waals surface area contributed by atoms with Gasteiger partial charge in [-0.05, 0) is 31.6 Å². The predicted molar refractivity (Wildman–Crippen MR) is 335 cm³/mol. The molecule has 0 bridgehead atoms. The van der Waals surface area contributed by atoms with Crippen LogP contribution >= 0.6 is 15.6 Å². The molecule has 0 saturated carbocycles. The highest BCUT2D eigenvalue weighted by Crippen LogP contribution is 2.45. The first kappa shape index (κ1) is 82.1. The Labute approximate surface area is 511 Å². The van der Waals surface area contributed by atoms with Gasteiger partial charge in [-0.2, -0.15) is 0 Å². The van der Waals surface area contributed by atoms with Crippen LogP contribution in [0.2, 0.25) is 0 Å². The second-order valence-corrected chi connectivity index (χ2v) is 26.9. The van der Waals surface area contributed by atoms with Gasteiger partial charge >= 0.3 is 39.5 Å². The third-order valence-corrected chi connectivity index (χ3v) is 16.9. The fourth-order valence-electron chi connectivity index (χ4n) is 9.76. The Morgan fingerprint density at radius 2 is 0.548 bits per heavy atom. The highest BCUT2D eigenvalue weighted by Gasteiger charge is 2.30. The van der Waals surface area contributed by atoms with E-state index in [9.17, 15) is 43.2 Å².